The lowest BCUT2D eigenvalue weighted by atomic mass is 10.1. The molecular weight excluding hydrogens is 270 g/mol. The minimum atomic E-state index is -0.885. The molecule has 0 radical (unpaired) electrons. The molecule has 2 rings (SSSR count). The van der Waals surface area contributed by atoms with Gasteiger partial charge in [-0.05, 0) is 37.8 Å². The van der Waals surface area contributed by atoms with Crippen LogP contribution >= 0.6 is 0 Å². The smallest absolute Gasteiger partial charge is 0.305 e. The van der Waals surface area contributed by atoms with E-state index < -0.39 is 5.97 Å². The molecule has 1 fully saturated rings. The zero-order valence-electron chi connectivity index (χ0n) is 12.5. The number of amides is 1. The molecule has 21 heavy (non-hydrogen) atoms. The Morgan fingerprint density at radius 3 is 2.43 bits per heavy atom. The molecule has 0 aliphatic heterocycles. The van der Waals surface area contributed by atoms with Crippen LogP contribution in [0.4, 0.5) is 0 Å². The van der Waals surface area contributed by atoms with Crippen LogP contribution in [0, 0.1) is 13.8 Å². The molecule has 0 saturated heterocycles. The van der Waals surface area contributed by atoms with Gasteiger partial charge in [-0.3, -0.25) is 9.59 Å². The van der Waals surface area contributed by atoms with Crippen molar-refractivity contribution in [2.24, 2.45) is 0 Å². The SMILES string of the molecule is Cc1cccc(C)c1OCC(=O)N(CCC(=O)O)C1CC1. The lowest BCUT2D eigenvalue weighted by Gasteiger charge is -2.22. The third kappa shape index (κ3) is 4.21. The first-order valence-corrected chi connectivity index (χ1v) is 7.19. The van der Waals surface area contributed by atoms with Crippen molar-refractivity contribution in [3.05, 3.63) is 29.3 Å². The Bertz CT molecular complexity index is 517. The lowest BCUT2D eigenvalue weighted by Crippen LogP contribution is -2.38. The minimum absolute atomic E-state index is 0.0222. The summed E-state index contributed by atoms with van der Waals surface area (Å²) in [5, 5.41) is 8.76. The van der Waals surface area contributed by atoms with Crippen LogP contribution < -0.4 is 4.74 Å². The van der Waals surface area contributed by atoms with Gasteiger partial charge < -0.3 is 14.7 Å². The van der Waals surface area contributed by atoms with E-state index in [9.17, 15) is 9.59 Å². The second kappa shape index (κ2) is 6.61. The van der Waals surface area contributed by atoms with Crippen LogP contribution in [0.25, 0.3) is 0 Å². The Hall–Kier alpha value is -2.04. The number of carboxylic acid groups (broad SMARTS) is 1. The average Bonchev–Trinajstić information content (AvgIpc) is 3.22. The van der Waals surface area contributed by atoms with Gasteiger partial charge in [-0.1, -0.05) is 18.2 Å². The summed E-state index contributed by atoms with van der Waals surface area (Å²) in [6.45, 7) is 4.10. The lowest BCUT2D eigenvalue weighted by molar-refractivity contribution is -0.139. The predicted molar refractivity (Wildman–Crippen MR) is 78.4 cm³/mol. The molecule has 1 amide bonds. The number of rotatable bonds is 7. The van der Waals surface area contributed by atoms with Gasteiger partial charge in [0.25, 0.3) is 5.91 Å². The molecule has 0 atom stereocenters. The van der Waals surface area contributed by atoms with E-state index in [2.05, 4.69) is 0 Å². The maximum Gasteiger partial charge on any atom is 0.305 e. The van der Waals surface area contributed by atoms with Gasteiger partial charge in [0.15, 0.2) is 6.61 Å². The zero-order chi connectivity index (χ0) is 15.4. The number of carbonyl (C=O) groups is 2. The summed E-state index contributed by atoms with van der Waals surface area (Å²) in [6.07, 6.45) is 1.88. The number of benzene rings is 1. The molecular formula is C16H21NO4. The Labute approximate surface area is 124 Å². The van der Waals surface area contributed by atoms with E-state index in [1.807, 2.05) is 32.0 Å². The number of ether oxygens (including phenoxy) is 1. The van der Waals surface area contributed by atoms with E-state index >= 15 is 0 Å². The molecule has 1 aliphatic rings. The molecule has 0 bridgehead atoms. The van der Waals surface area contributed by atoms with E-state index in [1.54, 1.807) is 4.90 Å². The largest absolute Gasteiger partial charge is 0.483 e. The molecule has 1 saturated carbocycles. The molecule has 0 aromatic heterocycles. The van der Waals surface area contributed by atoms with Crippen molar-refractivity contribution in [3.63, 3.8) is 0 Å². The number of para-hydroxylation sites is 1. The van der Waals surface area contributed by atoms with E-state index in [-0.39, 0.29) is 31.5 Å². The first-order chi connectivity index (χ1) is 9.99. The molecule has 1 N–H and O–H groups in total. The van der Waals surface area contributed by atoms with Gasteiger partial charge in [-0.25, -0.2) is 0 Å². The van der Waals surface area contributed by atoms with Gasteiger partial charge >= 0.3 is 5.97 Å². The number of carbonyl (C=O) groups excluding carboxylic acids is 1. The zero-order valence-corrected chi connectivity index (χ0v) is 12.5. The summed E-state index contributed by atoms with van der Waals surface area (Å²) < 4.78 is 5.66. The highest BCUT2D eigenvalue weighted by Crippen LogP contribution is 2.27. The van der Waals surface area contributed by atoms with E-state index in [1.165, 1.54) is 0 Å². The van der Waals surface area contributed by atoms with Gasteiger partial charge in [0.05, 0.1) is 6.42 Å². The van der Waals surface area contributed by atoms with Crippen LogP contribution in [0.3, 0.4) is 0 Å². The third-order valence-electron chi connectivity index (χ3n) is 3.62. The molecule has 5 heteroatoms. The number of nitrogens with zero attached hydrogens (tertiary/aromatic N) is 1. The Morgan fingerprint density at radius 2 is 1.90 bits per heavy atom. The Balaban J connectivity index is 1.94. The van der Waals surface area contributed by atoms with Crippen molar-refractivity contribution in [3.8, 4) is 5.75 Å². The van der Waals surface area contributed by atoms with Crippen molar-refractivity contribution in [2.45, 2.75) is 39.2 Å². The van der Waals surface area contributed by atoms with E-state index in [4.69, 9.17) is 9.84 Å². The van der Waals surface area contributed by atoms with Crippen LogP contribution in [0.15, 0.2) is 18.2 Å². The summed E-state index contributed by atoms with van der Waals surface area (Å²) in [5.41, 5.74) is 1.98. The predicted octanol–water partition coefficient (Wildman–Crippen LogP) is 2.15. The van der Waals surface area contributed by atoms with Gasteiger partial charge in [-0.15, -0.1) is 0 Å². The molecule has 114 valence electrons. The molecule has 1 aromatic carbocycles. The molecule has 0 spiro atoms. The number of carboxylic acids is 1. The number of hydrogen-bond acceptors (Lipinski definition) is 3. The first-order valence-electron chi connectivity index (χ1n) is 7.19. The van der Waals surface area contributed by atoms with Crippen molar-refractivity contribution < 1.29 is 19.4 Å². The second-order valence-electron chi connectivity index (χ2n) is 5.47. The van der Waals surface area contributed by atoms with Gasteiger partial charge in [0.2, 0.25) is 0 Å². The second-order valence-corrected chi connectivity index (χ2v) is 5.47. The maximum absolute atomic E-state index is 12.2. The van der Waals surface area contributed by atoms with Crippen molar-refractivity contribution in [1.82, 2.24) is 4.90 Å². The number of aliphatic carboxylic acids is 1. The quantitative estimate of drug-likeness (QED) is 0.836. The summed E-state index contributed by atoms with van der Waals surface area (Å²) in [4.78, 5) is 24.6. The van der Waals surface area contributed by atoms with E-state index in [0.29, 0.717) is 0 Å². The summed E-state index contributed by atoms with van der Waals surface area (Å²) in [6, 6.07) is 6.02. The Kier molecular flexibility index (Phi) is 4.83. The van der Waals surface area contributed by atoms with Crippen LogP contribution in [0.5, 0.6) is 5.75 Å². The topological polar surface area (TPSA) is 66.8 Å². The molecule has 0 heterocycles. The summed E-state index contributed by atoms with van der Waals surface area (Å²) in [5.74, 6) is -0.287. The molecule has 0 unspecified atom stereocenters. The average molecular weight is 291 g/mol. The van der Waals surface area contributed by atoms with Crippen molar-refractivity contribution >= 4 is 11.9 Å². The maximum atomic E-state index is 12.2. The van der Waals surface area contributed by atoms with Crippen LogP contribution in [-0.4, -0.2) is 41.1 Å². The fourth-order valence-electron chi connectivity index (χ4n) is 2.36. The monoisotopic (exact) mass is 291 g/mol. The molecule has 5 nitrogen and oxygen atoms in total. The minimum Gasteiger partial charge on any atom is -0.483 e. The Morgan fingerprint density at radius 1 is 1.29 bits per heavy atom. The van der Waals surface area contributed by atoms with Crippen LogP contribution in [0.1, 0.15) is 30.4 Å². The summed E-state index contributed by atoms with van der Waals surface area (Å²) >= 11 is 0. The number of aryl methyl sites for hydroxylation is 2. The van der Waals surface area contributed by atoms with Crippen molar-refractivity contribution in [2.75, 3.05) is 13.2 Å². The van der Waals surface area contributed by atoms with Crippen LogP contribution in [-0.2, 0) is 9.59 Å². The highest BCUT2D eigenvalue weighted by atomic mass is 16.5. The highest BCUT2D eigenvalue weighted by Gasteiger charge is 2.32. The van der Waals surface area contributed by atoms with Gasteiger partial charge in [-0.2, -0.15) is 0 Å². The van der Waals surface area contributed by atoms with Gasteiger partial charge in [0, 0.05) is 12.6 Å². The normalized spacial score (nSPS) is 13.8. The van der Waals surface area contributed by atoms with Gasteiger partial charge in [0.1, 0.15) is 5.75 Å². The molecule has 1 aromatic rings. The fourth-order valence-corrected chi connectivity index (χ4v) is 2.36. The third-order valence-corrected chi connectivity index (χ3v) is 3.62. The van der Waals surface area contributed by atoms with Crippen molar-refractivity contribution in [1.29, 1.82) is 0 Å². The fraction of sp³-hybridized carbons (Fsp3) is 0.500. The molecule has 1 aliphatic carbocycles. The highest BCUT2D eigenvalue weighted by molar-refractivity contribution is 5.79. The van der Waals surface area contributed by atoms with Crippen LogP contribution in [0.2, 0.25) is 0 Å². The standard InChI is InChI=1S/C16H21NO4/c1-11-4-3-5-12(2)16(11)21-10-14(18)17(13-6-7-13)9-8-15(19)20/h3-5,13H,6-10H2,1-2H3,(H,19,20). The number of hydrogen-bond donors (Lipinski definition) is 1. The van der Waals surface area contributed by atoms with E-state index in [0.717, 1.165) is 29.7 Å². The summed E-state index contributed by atoms with van der Waals surface area (Å²) in [7, 11) is 0. The first kappa shape index (κ1) is 15.4.